The van der Waals surface area contributed by atoms with Gasteiger partial charge < -0.3 is 5.32 Å². The number of benzene rings is 2. The lowest BCUT2D eigenvalue weighted by Gasteiger charge is -2.18. The standard InChI is InChI=1S/C21H21FN4O/c1-2-26-20(23-13-24-26)19(14-9-10-14)25-21(27)17-7-3-5-15(11-17)16-6-4-8-18(22)12-16/h3-8,11-14,19H,2,9-10H2,1H3,(H,25,27)/t19-/m0/s1. The van der Waals surface area contributed by atoms with Gasteiger partial charge in [-0.05, 0) is 61.1 Å². The van der Waals surface area contributed by atoms with Crippen molar-refractivity contribution in [2.24, 2.45) is 5.92 Å². The fourth-order valence-corrected chi connectivity index (χ4v) is 3.31. The molecule has 6 heteroatoms. The Kier molecular flexibility index (Phi) is 4.71. The van der Waals surface area contributed by atoms with Gasteiger partial charge in [0.25, 0.3) is 5.91 Å². The number of nitrogens with one attached hydrogen (secondary N) is 1. The van der Waals surface area contributed by atoms with Crippen molar-refractivity contribution in [3.8, 4) is 11.1 Å². The molecule has 1 fully saturated rings. The Bertz CT molecular complexity index is 964. The van der Waals surface area contributed by atoms with Gasteiger partial charge in [0.2, 0.25) is 0 Å². The van der Waals surface area contributed by atoms with Crippen LogP contribution < -0.4 is 5.32 Å². The molecule has 1 atom stereocenters. The summed E-state index contributed by atoms with van der Waals surface area (Å²) in [6.07, 6.45) is 3.68. The quantitative estimate of drug-likeness (QED) is 0.720. The van der Waals surface area contributed by atoms with Gasteiger partial charge in [0.05, 0.1) is 6.04 Å². The highest BCUT2D eigenvalue weighted by Crippen LogP contribution is 2.40. The molecule has 1 saturated carbocycles. The summed E-state index contributed by atoms with van der Waals surface area (Å²) in [6, 6.07) is 13.5. The predicted octanol–water partition coefficient (Wildman–Crippen LogP) is 3.99. The third-order valence-electron chi connectivity index (χ3n) is 4.89. The number of nitrogens with zero attached hydrogens (tertiary/aromatic N) is 3. The van der Waals surface area contributed by atoms with E-state index in [9.17, 15) is 9.18 Å². The first-order chi connectivity index (χ1) is 13.2. The molecular formula is C21H21FN4O. The van der Waals surface area contributed by atoms with Crippen molar-refractivity contribution < 1.29 is 9.18 Å². The highest BCUT2D eigenvalue weighted by atomic mass is 19.1. The van der Waals surface area contributed by atoms with Crippen LogP contribution in [0.2, 0.25) is 0 Å². The number of carbonyl (C=O) groups is 1. The van der Waals surface area contributed by atoms with Crippen LogP contribution >= 0.6 is 0 Å². The first-order valence-electron chi connectivity index (χ1n) is 9.20. The molecule has 1 N–H and O–H groups in total. The minimum Gasteiger partial charge on any atom is -0.342 e. The summed E-state index contributed by atoms with van der Waals surface area (Å²) in [5, 5.41) is 7.35. The molecule has 1 amide bonds. The van der Waals surface area contributed by atoms with Crippen molar-refractivity contribution in [1.82, 2.24) is 20.1 Å². The van der Waals surface area contributed by atoms with Crippen molar-refractivity contribution in [1.29, 1.82) is 0 Å². The van der Waals surface area contributed by atoms with Crippen LogP contribution in [0.3, 0.4) is 0 Å². The van der Waals surface area contributed by atoms with Crippen LogP contribution in [0, 0.1) is 11.7 Å². The number of aromatic nitrogens is 3. The lowest BCUT2D eigenvalue weighted by atomic mass is 10.0. The summed E-state index contributed by atoms with van der Waals surface area (Å²) in [5.41, 5.74) is 2.10. The van der Waals surface area contributed by atoms with E-state index in [1.54, 1.807) is 18.2 Å². The number of halogens is 1. The highest BCUT2D eigenvalue weighted by Gasteiger charge is 2.36. The smallest absolute Gasteiger partial charge is 0.251 e. The minimum atomic E-state index is -0.296. The van der Waals surface area contributed by atoms with E-state index in [1.165, 1.54) is 18.5 Å². The molecule has 27 heavy (non-hydrogen) atoms. The minimum absolute atomic E-state index is 0.141. The third-order valence-corrected chi connectivity index (χ3v) is 4.89. The molecule has 1 aliphatic carbocycles. The maximum absolute atomic E-state index is 13.5. The van der Waals surface area contributed by atoms with Crippen molar-refractivity contribution in [2.75, 3.05) is 0 Å². The number of aryl methyl sites for hydroxylation is 1. The van der Waals surface area contributed by atoms with Crippen LogP contribution in [-0.2, 0) is 6.54 Å². The fourth-order valence-electron chi connectivity index (χ4n) is 3.31. The van der Waals surface area contributed by atoms with E-state index in [2.05, 4.69) is 15.4 Å². The molecule has 0 aliphatic heterocycles. The van der Waals surface area contributed by atoms with E-state index in [1.807, 2.05) is 29.8 Å². The molecule has 3 aromatic rings. The number of hydrogen-bond donors (Lipinski definition) is 1. The van der Waals surface area contributed by atoms with Crippen molar-refractivity contribution >= 4 is 5.91 Å². The molecule has 0 bridgehead atoms. The lowest BCUT2D eigenvalue weighted by molar-refractivity contribution is 0.0928. The zero-order chi connectivity index (χ0) is 18.8. The Morgan fingerprint density at radius 2 is 1.96 bits per heavy atom. The predicted molar refractivity (Wildman–Crippen MR) is 100 cm³/mol. The van der Waals surface area contributed by atoms with Crippen LogP contribution in [-0.4, -0.2) is 20.7 Å². The fraction of sp³-hybridized carbons (Fsp3) is 0.286. The van der Waals surface area contributed by atoms with Gasteiger partial charge in [-0.2, -0.15) is 5.10 Å². The maximum atomic E-state index is 13.5. The molecule has 1 heterocycles. The molecule has 138 valence electrons. The molecule has 0 radical (unpaired) electrons. The Morgan fingerprint density at radius 3 is 2.67 bits per heavy atom. The Morgan fingerprint density at radius 1 is 1.22 bits per heavy atom. The average Bonchev–Trinajstić information content (AvgIpc) is 3.42. The van der Waals surface area contributed by atoms with E-state index >= 15 is 0 Å². The second-order valence-electron chi connectivity index (χ2n) is 6.81. The monoisotopic (exact) mass is 364 g/mol. The molecule has 1 aliphatic rings. The van der Waals surface area contributed by atoms with Crippen molar-refractivity contribution in [2.45, 2.75) is 32.4 Å². The summed E-state index contributed by atoms with van der Waals surface area (Å²) in [6.45, 7) is 2.72. The Labute approximate surface area is 157 Å². The zero-order valence-corrected chi connectivity index (χ0v) is 15.1. The summed E-state index contributed by atoms with van der Waals surface area (Å²) in [5.74, 6) is 0.746. The van der Waals surface area contributed by atoms with Gasteiger partial charge >= 0.3 is 0 Å². The second kappa shape index (κ2) is 7.31. The summed E-state index contributed by atoms with van der Waals surface area (Å²) < 4.78 is 15.3. The van der Waals surface area contributed by atoms with Gasteiger partial charge in [0.15, 0.2) is 0 Å². The number of carbonyl (C=O) groups excluding carboxylic acids is 1. The molecule has 5 nitrogen and oxygen atoms in total. The Hall–Kier alpha value is -3.02. The maximum Gasteiger partial charge on any atom is 0.251 e. The van der Waals surface area contributed by atoms with Crippen LogP contribution in [0.5, 0.6) is 0 Å². The molecule has 1 aromatic heterocycles. The van der Waals surface area contributed by atoms with Crippen molar-refractivity contribution in [3.05, 3.63) is 72.1 Å². The largest absolute Gasteiger partial charge is 0.342 e. The van der Waals surface area contributed by atoms with Gasteiger partial charge in [0.1, 0.15) is 18.0 Å². The van der Waals surface area contributed by atoms with E-state index in [-0.39, 0.29) is 17.8 Å². The summed E-state index contributed by atoms with van der Waals surface area (Å²) in [4.78, 5) is 17.3. The lowest BCUT2D eigenvalue weighted by Crippen LogP contribution is -2.32. The molecular weight excluding hydrogens is 343 g/mol. The molecule has 0 spiro atoms. The van der Waals surface area contributed by atoms with Gasteiger partial charge in [-0.15, -0.1) is 0 Å². The third kappa shape index (κ3) is 3.74. The topological polar surface area (TPSA) is 59.8 Å². The molecule has 0 saturated heterocycles. The van der Waals surface area contributed by atoms with Gasteiger partial charge in [-0.1, -0.05) is 24.3 Å². The molecule has 4 rings (SSSR count). The SMILES string of the molecule is CCn1ncnc1[C@@H](NC(=O)c1cccc(-c2cccc(F)c2)c1)C1CC1. The zero-order valence-electron chi connectivity index (χ0n) is 15.1. The van der Waals surface area contributed by atoms with Crippen LogP contribution in [0.1, 0.15) is 42.0 Å². The average molecular weight is 364 g/mol. The number of rotatable bonds is 6. The number of hydrogen-bond acceptors (Lipinski definition) is 3. The normalized spacial score (nSPS) is 14.7. The van der Waals surface area contributed by atoms with Crippen molar-refractivity contribution in [3.63, 3.8) is 0 Å². The van der Waals surface area contributed by atoms with E-state index in [0.29, 0.717) is 18.0 Å². The highest BCUT2D eigenvalue weighted by molar-refractivity contribution is 5.95. The first-order valence-corrected chi connectivity index (χ1v) is 9.20. The van der Waals surface area contributed by atoms with Gasteiger partial charge in [-0.25, -0.2) is 14.1 Å². The number of amides is 1. The summed E-state index contributed by atoms with van der Waals surface area (Å²) >= 11 is 0. The van der Waals surface area contributed by atoms with Gasteiger partial charge in [0, 0.05) is 12.1 Å². The molecule has 2 aromatic carbocycles. The van der Waals surface area contributed by atoms with Crippen LogP contribution in [0.4, 0.5) is 4.39 Å². The molecule has 0 unspecified atom stereocenters. The van der Waals surface area contributed by atoms with Crippen LogP contribution in [0.15, 0.2) is 54.9 Å². The van der Waals surface area contributed by atoms with E-state index in [0.717, 1.165) is 29.8 Å². The van der Waals surface area contributed by atoms with E-state index < -0.39 is 0 Å². The summed E-state index contributed by atoms with van der Waals surface area (Å²) in [7, 11) is 0. The second-order valence-corrected chi connectivity index (χ2v) is 6.81. The van der Waals surface area contributed by atoms with Crippen LogP contribution in [0.25, 0.3) is 11.1 Å². The van der Waals surface area contributed by atoms with Gasteiger partial charge in [-0.3, -0.25) is 4.79 Å². The first kappa shape index (κ1) is 17.4. The Balaban J connectivity index is 1.58. The van der Waals surface area contributed by atoms with E-state index in [4.69, 9.17) is 0 Å².